The van der Waals surface area contributed by atoms with Crippen LogP contribution in [0.15, 0.2) is 23.1 Å². The molecule has 0 aliphatic heterocycles. The molecule has 2 heteroatoms. The molecule has 0 atom stereocenters. The van der Waals surface area contributed by atoms with Crippen molar-refractivity contribution in [3.63, 3.8) is 0 Å². The molecule has 0 spiro atoms. The summed E-state index contributed by atoms with van der Waals surface area (Å²) < 4.78 is 0. The number of hydrogen-bond donors (Lipinski definition) is 1. The van der Waals surface area contributed by atoms with Crippen molar-refractivity contribution in [2.75, 3.05) is 0 Å². The van der Waals surface area contributed by atoms with E-state index in [1.807, 2.05) is 11.8 Å². The van der Waals surface area contributed by atoms with Gasteiger partial charge in [0.15, 0.2) is 0 Å². The SMILES string of the molecule is Cc1cc(SC(C)C)ccc1CN. The number of rotatable bonds is 3. The number of thioether (sulfide) groups is 1. The Kier molecular flexibility index (Phi) is 3.82. The van der Waals surface area contributed by atoms with E-state index in [-0.39, 0.29) is 0 Å². The van der Waals surface area contributed by atoms with E-state index in [0.717, 1.165) is 0 Å². The van der Waals surface area contributed by atoms with Crippen molar-refractivity contribution in [3.05, 3.63) is 29.3 Å². The quantitative estimate of drug-likeness (QED) is 0.750. The fraction of sp³-hybridized carbons (Fsp3) is 0.455. The summed E-state index contributed by atoms with van der Waals surface area (Å²) in [7, 11) is 0. The highest BCUT2D eigenvalue weighted by Crippen LogP contribution is 2.24. The Morgan fingerprint density at radius 3 is 2.54 bits per heavy atom. The van der Waals surface area contributed by atoms with Crippen LogP contribution in [0.4, 0.5) is 0 Å². The molecule has 0 unspecified atom stereocenters. The van der Waals surface area contributed by atoms with Crippen molar-refractivity contribution < 1.29 is 0 Å². The molecule has 0 saturated heterocycles. The van der Waals surface area contributed by atoms with Crippen molar-refractivity contribution in [3.8, 4) is 0 Å². The van der Waals surface area contributed by atoms with Gasteiger partial charge in [-0.15, -0.1) is 11.8 Å². The standard InChI is InChI=1S/C11H17NS/c1-8(2)13-11-5-4-10(7-12)9(3)6-11/h4-6,8H,7,12H2,1-3H3. The van der Waals surface area contributed by atoms with Crippen molar-refractivity contribution in [1.82, 2.24) is 0 Å². The third-order valence-corrected chi connectivity index (χ3v) is 2.90. The average Bonchev–Trinajstić information content (AvgIpc) is 2.03. The maximum atomic E-state index is 5.60. The van der Waals surface area contributed by atoms with E-state index < -0.39 is 0 Å². The maximum absolute atomic E-state index is 5.60. The first-order valence-corrected chi connectivity index (χ1v) is 5.47. The summed E-state index contributed by atoms with van der Waals surface area (Å²) in [5, 5.41) is 0.642. The number of hydrogen-bond acceptors (Lipinski definition) is 2. The smallest absolute Gasteiger partial charge is 0.0180 e. The van der Waals surface area contributed by atoms with E-state index in [2.05, 4.69) is 39.0 Å². The van der Waals surface area contributed by atoms with Crippen LogP contribution in [0.1, 0.15) is 25.0 Å². The molecule has 0 aromatic heterocycles. The minimum atomic E-state index is 0.637. The molecule has 0 bridgehead atoms. The fourth-order valence-electron chi connectivity index (χ4n) is 1.24. The van der Waals surface area contributed by atoms with Gasteiger partial charge < -0.3 is 5.73 Å². The van der Waals surface area contributed by atoms with Gasteiger partial charge in [0, 0.05) is 16.7 Å². The topological polar surface area (TPSA) is 26.0 Å². The van der Waals surface area contributed by atoms with Gasteiger partial charge >= 0.3 is 0 Å². The highest BCUT2D eigenvalue weighted by Gasteiger charge is 2.00. The predicted molar refractivity (Wildman–Crippen MR) is 60.1 cm³/mol. The number of benzene rings is 1. The molecule has 0 fully saturated rings. The van der Waals surface area contributed by atoms with Crippen LogP contribution in [0.3, 0.4) is 0 Å². The molecule has 0 saturated carbocycles. The number of aryl methyl sites for hydroxylation is 1. The van der Waals surface area contributed by atoms with E-state index in [0.29, 0.717) is 11.8 Å². The summed E-state index contributed by atoms with van der Waals surface area (Å²) in [5.41, 5.74) is 8.14. The summed E-state index contributed by atoms with van der Waals surface area (Å²) in [6.45, 7) is 7.17. The van der Waals surface area contributed by atoms with Crippen molar-refractivity contribution >= 4 is 11.8 Å². The molecular weight excluding hydrogens is 178 g/mol. The lowest BCUT2D eigenvalue weighted by Gasteiger charge is -2.08. The zero-order valence-corrected chi connectivity index (χ0v) is 9.32. The highest BCUT2D eigenvalue weighted by molar-refractivity contribution is 7.99. The normalized spacial score (nSPS) is 10.8. The molecule has 72 valence electrons. The minimum Gasteiger partial charge on any atom is -0.326 e. The Labute approximate surface area is 84.7 Å². The Morgan fingerprint density at radius 1 is 1.38 bits per heavy atom. The summed E-state index contributed by atoms with van der Waals surface area (Å²) in [4.78, 5) is 1.34. The van der Waals surface area contributed by atoms with E-state index in [1.54, 1.807) is 0 Å². The highest BCUT2D eigenvalue weighted by atomic mass is 32.2. The van der Waals surface area contributed by atoms with Crippen LogP contribution in [0, 0.1) is 6.92 Å². The average molecular weight is 195 g/mol. The molecule has 13 heavy (non-hydrogen) atoms. The minimum absolute atomic E-state index is 0.637. The predicted octanol–water partition coefficient (Wildman–Crippen LogP) is 2.95. The van der Waals surface area contributed by atoms with Gasteiger partial charge in [-0.2, -0.15) is 0 Å². The van der Waals surface area contributed by atoms with E-state index in [4.69, 9.17) is 5.73 Å². The van der Waals surface area contributed by atoms with Crippen molar-refractivity contribution in [2.45, 2.75) is 37.5 Å². The molecule has 0 aliphatic carbocycles. The Morgan fingerprint density at radius 2 is 2.08 bits per heavy atom. The van der Waals surface area contributed by atoms with Gasteiger partial charge in [-0.05, 0) is 30.2 Å². The second-order valence-corrected chi connectivity index (χ2v) is 5.11. The van der Waals surface area contributed by atoms with E-state index in [1.165, 1.54) is 16.0 Å². The summed E-state index contributed by atoms with van der Waals surface area (Å²) in [5.74, 6) is 0. The molecule has 0 amide bonds. The van der Waals surface area contributed by atoms with Crippen LogP contribution >= 0.6 is 11.8 Å². The third-order valence-electron chi connectivity index (χ3n) is 1.91. The molecule has 1 aromatic rings. The second kappa shape index (κ2) is 4.68. The lowest BCUT2D eigenvalue weighted by Crippen LogP contribution is -1.99. The Bertz CT molecular complexity index is 281. The second-order valence-electron chi connectivity index (χ2n) is 3.46. The fourth-order valence-corrected chi connectivity index (χ4v) is 2.18. The molecule has 2 N–H and O–H groups in total. The molecule has 1 rings (SSSR count). The largest absolute Gasteiger partial charge is 0.326 e. The molecule has 1 nitrogen and oxygen atoms in total. The van der Waals surface area contributed by atoms with E-state index >= 15 is 0 Å². The molecule has 0 radical (unpaired) electrons. The van der Waals surface area contributed by atoms with Gasteiger partial charge in [-0.25, -0.2) is 0 Å². The number of nitrogens with two attached hydrogens (primary N) is 1. The van der Waals surface area contributed by atoms with Gasteiger partial charge in [-0.1, -0.05) is 19.9 Å². The monoisotopic (exact) mass is 195 g/mol. The molecule has 0 aliphatic rings. The molecule has 1 aromatic carbocycles. The summed E-state index contributed by atoms with van der Waals surface area (Å²) in [6.07, 6.45) is 0. The Hall–Kier alpha value is -0.470. The maximum Gasteiger partial charge on any atom is 0.0180 e. The van der Waals surface area contributed by atoms with Gasteiger partial charge in [0.1, 0.15) is 0 Å². The third kappa shape index (κ3) is 3.05. The van der Waals surface area contributed by atoms with Gasteiger partial charge in [0.25, 0.3) is 0 Å². The zero-order valence-electron chi connectivity index (χ0n) is 8.50. The van der Waals surface area contributed by atoms with Crippen LogP contribution in [0.25, 0.3) is 0 Å². The summed E-state index contributed by atoms with van der Waals surface area (Å²) >= 11 is 1.89. The van der Waals surface area contributed by atoms with E-state index in [9.17, 15) is 0 Å². The van der Waals surface area contributed by atoms with Crippen LogP contribution < -0.4 is 5.73 Å². The molecular formula is C11H17NS. The zero-order chi connectivity index (χ0) is 9.84. The lowest BCUT2D eigenvalue weighted by molar-refractivity contribution is 1.04. The molecule has 0 heterocycles. The Balaban J connectivity index is 2.83. The van der Waals surface area contributed by atoms with Crippen molar-refractivity contribution in [1.29, 1.82) is 0 Å². The first-order valence-electron chi connectivity index (χ1n) is 4.59. The summed E-state index contributed by atoms with van der Waals surface area (Å²) in [6, 6.07) is 6.49. The van der Waals surface area contributed by atoms with Gasteiger partial charge in [0.05, 0.1) is 0 Å². The van der Waals surface area contributed by atoms with Crippen LogP contribution in [-0.2, 0) is 6.54 Å². The lowest BCUT2D eigenvalue weighted by atomic mass is 10.1. The van der Waals surface area contributed by atoms with Crippen LogP contribution in [0.5, 0.6) is 0 Å². The van der Waals surface area contributed by atoms with Gasteiger partial charge in [0.2, 0.25) is 0 Å². The van der Waals surface area contributed by atoms with Crippen LogP contribution in [-0.4, -0.2) is 5.25 Å². The first-order chi connectivity index (χ1) is 6.13. The van der Waals surface area contributed by atoms with Crippen LogP contribution in [0.2, 0.25) is 0 Å². The van der Waals surface area contributed by atoms with Crippen molar-refractivity contribution in [2.24, 2.45) is 5.73 Å². The first kappa shape index (κ1) is 10.6. The van der Waals surface area contributed by atoms with Gasteiger partial charge in [-0.3, -0.25) is 0 Å².